The fourth-order valence-corrected chi connectivity index (χ4v) is 6.79. The molecule has 0 aromatic carbocycles. The number of halogens is 1. The molecule has 0 N–H and O–H groups in total. The monoisotopic (exact) mass is 232 g/mol. The maximum absolute atomic E-state index is 11.8. The molecule has 2 aliphatic carbocycles. The van der Waals surface area contributed by atoms with Gasteiger partial charge in [0.25, 0.3) is 0 Å². The molecule has 1 heterocycles. The van der Waals surface area contributed by atoms with Gasteiger partial charge in [0.1, 0.15) is 4.71 Å². The SMILES string of the molecule is O=S1(=O)C[C@@]23CC=CC[C@@]2(CC3)[C@H]1Cl. The van der Waals surface area contributed by atoms with Crippen LogP contribution >= 0.6 is 11.6 Å². The van der Waals surface area contributed by atoms with Gasteiger partial charge in [0.15, 0.2) is 9.84 Å². The van der Waals surface area contributed by atoms with E-state index in [2.05, 4.69) is 12.2 Å². The number of hydrogen-bond donors (Lipinski definition) is 0. The average Bonchev–Trinajstić information content (AvgIpc) is 2.23. The summed E-state index contributed by atoms with van der Waals surface area (Å²) in [7, 11) is -3.04. The Hall–Kier alpha value is -0.0200. The van der Waals surface area contributed by atoms with Crippen LogP contribution < -0.4 is 0 Å². The molecule has 0 radical (unpaired) electrons. The lowest BCUT2D eigenvalue weighted by molar-refractivity contribution is -0.0400. The molecule has 3 rings (SSSR count). The maximum Gasteiger partial charge on any atom is 0.168 e. The molecule has 0 spiro atoms. The van der Waals surface area contributed by atoms with Crippen molar-refractivity contribution in [1.29, 1.82) is 0 Å². The van der Waals surface area contributed by atoms with E-state index in [-0.39, 0.29) is 10.8 Å². The minimum absolute atomic E-state index is 0.00694. The molecule has 0 aromatic rings. The van der Waals surface area contributed by atoms with Crippen LogP contribution in [0.5, 0.6) is 0 Å². The van der Waals surface area contributed by atoms with Gasteiger partial charge in [-0.15, -0.1) is 11.6 Å². The van der Waals surface area contributed by atoms with Crippen molar-refractivity contribution in [2.24, 2.45) is 10.8 Å². The Morgan fingerprint density at radius 2 is 1.93 bits per heavy atom. The van der Waals surface area contributed by atoms with Crippen LogP contribution in [0, 0.1) is 10.8 Å². The van der Waals surface area contributed by atoms with E-state index < -0.39 is 14.5 Å². The van der Waals surface area contributed by atoms with E-state index >= 15 is 0 Å². The summed E-state index contributed by atoms with van der Waals surface area (Å²) in [6.45, 7) is 0. The minimum atomic E-state index is -3.04. The van der Waals surface area contributed by atoms with Crippen LogP contribution in [0.4, 0.5) is 0 Å². The van der Waals surface area contributed by atoms with Crippen molar-refractivity contribution in [3.8, 4) is 0 Å². The average molecular weight is 233 g/mol. The van der Waals surface area contributed by atoms with E-state index in [4.69, 9.17) is 11.6 Å². The van der Waals surface area contributed by atoms with Crippen LogP contribution in [0.25, 0.3) is 0 Å². The van der Waals surface area contributed by atoms with Crippen molar-refractivity contribution in [1.82, 2.24) is 0 Å². The predicted molar refractivity (Wildman–Crippen MR) is 55.9 cm³/mol. The summed E-state index contributed by atoms with van der Waals surface area (Å²) in [6.07, 6.45) is 8.04. The van der Waals surface area contributed by atoms with Crippen LogP contribution in [-0.4, -0.2) is 18.9 Å². The summed E-state index contributed by atoms with van der Waals surface area (Å²) in [5.41, 5.74) is -0.102. The molecular formula is C10H13ClO2S. The van der Waals surface area contributed by atoms with Crippen LogP contribution in [0.1, 0.15) is 25.7 Å². The zero-order valence-corrected chi connectivity index (χ0v) is 9.44. The molecule has 4 heteroatoms. The second-order valence-electron chi connectivity index (χ2n) is 4.94. The smallest absolute Gasteiger partial charge is 0.168 e. The first-order valence-electron chi connectivity index (χ1n) is 5.03. The quantitative estimate of drug-likeness (QED) is 0.474. The van der Waals surface area contributed by atoms with Crippen molar-refractivity contribution in [2.75, 3.05) is 5.75 Å². The van der Waals surface area contributed by atoms with Crippen LogP contribution in [0.2, 0.25) is 0 Å². The molecular weight excluding hydrogens is 220 g/mol. The van der Waals surface area contributed by atoms with Gasteiger partial charge in [0, 0.05) is 5.41 Å². The molecule has 14 heavy (non-hydrogen) atoms. The van der Waals surface area contributed by atoms with Gasteiger partial charge in [0.2, 0.25) is 0 Å². The second kappa shape index (κ2) is 2.38. The lowest BCUT2D eigenvalue weighted by Gasteiger charge is -2.57. The van der Waals surface area contributed by atoms with Gasteiger partial charge in [-0.2, -0.15) is 0 Å². The van der Waals surface area contributed by atoms with Crippen LogP contribution in [0.15, 0.2) is 12.2 Å². The third kappa shape index (κ3) is 0.782. The Balaban J connectivity index is 2.16. The minimum Gasteiger partial charge on any atom is -0.227 e. The number of rotatable bonds is 0. The Morgan fingerprint density at radius 1 is 1.21 bits per heavy atom. The molecule has 2 nitrogen and oxygen atoms in total. The molecule has 0 unspecified atom stereocenters. The van der Waals surface area contributed by atoms with E-state index in [1.54, 1.807) is 0 Å². The Labute approximate surface area is 89.2 Å². The van der Waals surface area contributed by atoms with Gasteiger partial charge in [0.05, 0.1) is 5.75 Å². The van der Waals surface area contributed by atoms with Crippen LogP contribution in [0.3, 0.4) is 0 Å². The molecule has 1 saturated heterocycles. The highest BCUT2D eigenvalue weighted by molar-refractivity contribution is 7.93. The first-order valence-corrected chi connectivity index (χ1v) is 7.18. The summed E-state index contributed by atoms with van der Waals surface area (Å²) in [5, 5.41) is 0. The summed E-state index contributed by atoms with van der Waals surface area (Å²) >= 11 is 6.14. The highest BCUT2D eigenvalue weighted by Gasteiger charge is 2.71. The van der Waals surface area contributed by atoms with Crippen molar-refractivity contribution >= 4 is 21.4 Å². The number of hydrogen-bond acceptors (Lipinski definition) is 2. The molecule has 0 amide bonds. The lowest BCUT2D eigenvalue weighted by Crippen LogP contribution is -2.53. The van der Waals surface area contributed by atoms with Crippen LogP contribution in [-0.2, 0) is 9.84 Å². The van der Waals surface area contributed by atoms with Gasteiger partial charge in [-0.3, -0.25) is 0 Å². The van der Waals surface area contributed by atoms with Crippen molar-refractivity contribution in [2.45, 2.75) is 30.4 Å². The summed E-state index contributed by atoms with van der Waals surface area (Å²) in [6, 6.07) is 0. The summed E-state index contributed by atoms with van der Waals surface area (Å²) in [4.78, 5) is 0. The zero-order chi connectivity index (χ0) is 10.0. The number of sulfone groups is 1. The standard InChI is InChI=1S/C10H13ClO2S/c11-8-10-4-2-1-3-9(10,5-6-10)7-14(8,12)13/h1-2,8H,3-7H2/t8-,9-,10+/m0/s1. The Bertz CT molecular complexity index is 414. The summed E-state index contributed by atoms with van der Waals surface area (Å²) < 4.78 is 23.0. The largest absolute Gasteiger partial charge is 0.227 e. The third-order valence-electron chi connectivity index (χ3n) is 4.49. The highest BCUT2D eigenvalue weighted by Crippen LogP contribution is 2.71. The van der Waals surface area contributed by atoms with Gasteiger partial charge >= 0.3 is 0 Å². The van der Waals surface area contributed by atoms with Crippen molar-refractivity contribution < 1.29 is 8.42 Å². The second-order valence-corrected chi connectivity index (χ2v) is 7.72. The molecule has 78 valence electrons. The normalized spacial score (nSPS) is 53.4. The number of alkyl halides is 1. The Morgan fingerprint density at radius 3 is 2.50 bits per heavy atom. The van der Waals surface area contributed by atoms with Crippen molar-refractivity contribution in [3.63, 3.8) is 0 Å². The highest BCUT2D eigenvalue weighted by atomic mass is 35.5. The van der Waals surface area contributed by atoms with Gasteiger partial charge in [-0.1, -0.05) is 12.2 Å². The Kier molecular flexibility index (Phi) is 1.57. The topological polar surface area (TPSA) is 34.1 Å². The molecule has 1 aliphatic heterocycles. The molecule has 0 aromatic heterocycles. The predicted octanol–water partition coefficient (Wildman–Crippen LogP) is 2.10. The van der Waals surface area contributed by atoms with E-state index in [0.717, 1.165) is 25.7 Å². The lowest BCUT2D eigenvalue weighted by atomic mass is 9.47. The first-order chi connectivity index (χ1) is 6.53. The van der Waals surface area contributed by atoms with E-state index in [9.17, 15) is 8.42 Å². The fourth-order valence-electron chi connectivity index (χ4n) is 3.55. The molecule has 0 bridgehead atoms. The molecule has 3 aliphatic rings. The van der Waals surface area contributed by atoms with E-state index in [1.165, 1.54) is 0 Å². The maximum atomic E-state index is 11.8. The van der Waals surface area contributed by atoms with Gasteiger partial charge in [-0.05, 0) is 31.1 Å². The van der Waals surface area contributed by atoms with Gasteiger partial charge < -0.3 is 0 Å². The fraction of sp³-hybridized carbons (Fsp3) is 0.800. The summed E-state index contributed by atoms with van der Waals surface area (Å²) in [5.74, 6) is 0.318. The molecule has 1 saturated carbocycles. The third-order valence-corrected chi connectivity index (χ3v) is 7.76. The first kappa shape index (κ1) is 9.22. The van der Waals surface area contributed by atoms with Gasteiger partial charge in [-0.25, -0.2) is 8.42 Å². The molecule has 3 atom stereocenters. The van der Waals surface area contributed by atoms with E-state index in [0.29, 0.717) is 5.75 Å². The van der Waals surface area contributed by atoms with Crippen molar-refractivity contribution in [3.05, 3.63) is 12.2 Å². The zero-order valence-electron chi connectivity index (χ0n) is 7.87. The molecule has 2 fully saturated rings. The number of allylic oxidation sites excluding steroid dienone is 2. The van der Waals surface area contributed by atoms with E-state index in [1.807, 2.05) is 0 Å².